The van der Waals surface area contributed by atoms with Crippen LogP contribution in [0.5, 0.6) is 0 Å². The molecule has 0 radical (unpaired) electrons. The molecule has 20 heavy (non-hydrogen) atoms. The largest absolute Gasteiger partial charge is 0.306 e. The van der Waals surface area contributed by atoms with E-state index in [2.05, 4.69) is 67.2 Å². The van der Waals surface area contributed by atoms with E-state index in [9.17, 15) is 0 Å². The first kappa shape index (κ1) is 15.7. The number of hydrogen-bond acceptors (Lipinski definition) is 2. The summed E-state index contributed by atoms with van der Waals surface area (Å²) in [6, 6.07) is 9.05. The average Bonchev–Trinajstić information content (AvgIpc) is 2.69. The molecule has 0 aromatic heterocycles. The second-order valence-electron chi connectivity index (χ2n) is 5.97. The lowest BCUT2D eigenvalue weighted by molar-refractivity contribution is 0.457. The van der Waals surface area contributed by atoms with Crippen molar-refractivity contribution >= 4 is 17.8 Å². The fourth-order valence-electron chi connectivity index (χ4n) is 2.61. The molecule has 2 heteroatoms. The van der Waals surface area contributed by atoms with Crippen molar-refractivity contribution in [2.45, 2.75) is 48.7 Å². The molecule has 0 atom stereocenters. The van der Waals surface area contributed by atoms with E-state index in [1.54, 1.807) is 0 Å². The zero-order valence-electron chi connectivity index (χ0n) is 12.8. The molecule has 0 unspecified atom stereocenters. The molecule has 1 aliphatic carbocycles. The Balaban J connectivity index is 1.85. The van der Waals surface area contributed by atoms with Gasteiger partial charge in [-0.05, 0) is 44.6 Å². The Morgan fingerprint density at radius 2 is 1.70 bits per heavy atom. The van der Waals surface area contributed by atoms with E-state index in [1.165, 1.54) is 49.0 Å². The van der Waals surface area contributed by atoms with Gasteiger partial charge in [-0.1, -0.05) is 50.0 Å². The van der Waals surface area contributed by atoms with Crippen molar-refractivity contribution in [1.29, 1.82) is 0 Å². The Labute approximate surface area is 128 Å². The van der Waals surface area contributed by atoms with Crippen molar-refractivity contribution in [2.24, 2.45) is 0 Å². The minimum atomic E-state index is 0.840. The van der Waals surface area contributed by atoms with Crippen LogP contribution in [0, 0.1) is 0 Å². The van der Waals surface area contributed by atoms with Gasteiger partial charge in [-0.2, -0.15) is 0 Å². The topological polar surface area (TPSA) is 3.24 Å². The fourth-order valence-corrected chi connectivity index (χ4v) is 3.86. The Morgan fingerprint density at radius 3 is 2.30 bits per heavy atom. The van der Waals surface area contributed by atoms with Crippen molar-refractivity contribution in [2.75, 3.05) is 20.6 Å². The normalized spacial score (nSPS) is 17.8. The van der Waals surface area contributed by atoms with Gasteiger partial charge in [0.15, 0.2) is 0 Å². The second kappa shape index (κ2) is 8.53. The molecule has 0 heterocycles. The van der Waals surface area contributed by atoms with Crippen LogP contribution >= 0.6 is 11.8 Å². The third-order valence-electron chi connectivity index (χ3n) is 3.77. The standard InChI is InChI=1S/C18H27NS/c1-19(2)15-7-8-16-11-13-18(14-12-16)20-17-9-5-3-4-6-10-17/h7-8,11-14,17H,3-6,9-10,15H2,1-2H3. The number of benzene rings is 1. The summed E-state index contributed by atoms with van der Waals surface area (Å²) in [7, 11) is 4.19. The van der Waals surface area contributed by atoms with Crippen molar-refractivity contribution in [1.82, 2.24) is 4.90 Å². The summed E-state index contributed by atoms with van der Waals surface area (Å²) in [4.78, 5) is 3.61. The lowest BCUT2D eigenvalue weighted by Crippen LogP contribution is -2.10. The van der Waals surface area contributed by atoms with Gasteiger partial charge in [0.05, 0.1) is 0 Å². The molecule has 0 aliphatic heterocycles. The minimum Gasteiger partial charge on any atom is -0.306 e. The Bertz CT molecular complexity index is 400. The van der Waals surface area contributed by atoms with Crippen molar-refractivity contribution in [3.63, 3.8) is 0 Å². The molecule has 1 saturated carbocycles. The van der Waals surface area contributed by atoms with Crippen LogP contribution in [-0.4, -0.2) is 30.8 Å². The van der Waals surface area contributed by atoms with Gasteiger partial charge in [0, 0.05) is 16.7 Å². The van der Waals surface area contributed by atoms with Gasteiger partial charge >= 0.3 is 0 Å². The van der Waals surface area contributed by atoms with Crippen LogP contribution in [0.2, 0.25) is 0 Å². The average molecular weight is 289 g/mol. The first-order valence-corrected chi connectivity index (χ1v) is 8.70. The molecule has 0 N–H and O–H groups in total. The maximum Gasteiger partial charge on any atom is 0.0160 e. The van der Waals surface area contributed by atoms with Crippen LogP contribution in [0.15, 0.2) is 35.2 Å². The number of hydrogen-bond donors (Lipinski definition) is 0. The smallest absolute Gasteiger partial charge is 0.0160 e. The Kier molecular flexibility index (Phi) is 6.68. The zero-order chi connectivity index (χ0) is 14.2. The third kappa shape index (κ3) is 5.72. The molecule has 1 aliphatic rings. The highest BCUT2D eigenvalue weighted by Gasteiger charge is 2.13. The van der Waals surface area contributed by atoms with Crippen LogP contribution in [0.25, 0.3) is 6.08 Å². The predicted octanol–water partition coefficient (Wildman–Crippen LogP) is 5.08. The van der Waals surface area contributed by atoms with Crippen molar-refractivity contribution < 1.29 is 0 Å². The monoisotopic (exact) mass is 289 g/mol. The van der Waals surface area contributed by atoms with E-state index in [-0.39, 0.29) is 0 Å². The SMILES string of the molecule is CN(C)CC=Cc1ccc(SC2CCCCCC2)cc1. The summed E-state index contributed by atoms with van der Waals surface area (Å²) < 4.78 is 0. The molecule has 0 spiro atoms. The summed E-state index contributed by atoms with van der Waals surface area (Å²) in [6.07, 6.45) is 12.9. The zero-order valence-corrected chi connectivity index (χ0v) is 13.7. The van der Waals surface area contributed by atoms with E-state index in [1.807, 2.05) is 0 Å². The Morgan fingerprint density at radius 1 is 1.05 bits per heavy atom. The van der Waals surface area contributed by atoms with Gasteiger partial charge in [-0.3, -0.25) is 0 Å². The molecular weight excluding hydrogens is 262 g/mol. The minimum absolute atomic E-state index is 0.840. The lowest BCUT2D eigenvalue weighted by Gasteiger charge is -2.13. The molecule has 0 bridgehead atoms. The molecule has 1 fully saturated rings. The molecule has 1 aromatic rings. The second-order valence-corrected chi connectivity index (χ2v) is 7.34. The highest BCUT2D eigenvalue weighted by molar-refractivity contribution is 8.00. The predicted molar refractivity (Wildman–Crippen MR) is 91.4 cm³/mol. The molecule has 1 nitrogen and oxygen atoms in total. The van der Waals surface area contributed by atoms with Gasteiger partial charge in [0.2, 0.25) is 0 Å². The maximum absolute atomic E-state index is 2.28. The number of nitrogens with zero attached hydrogens (tertiary/aromatic N) is 1. The molecule has 0 amide bonds. The van der Waals surface area contributed by atoms with Crippen LogP contribution in [-0.2, 0) is 0 Å². The molecule has 1 aromatic carbocycles. The van der Waals surface area contributed by atoms with Crippen LogP contribution in [0.3, 0.4) is 0 Å². The summed E-state index contributed by atoms with van der Waals surface area (Å²) in [6.45, 7) is 0.999. The van der Waals surface area contributed by atoms with Crippen LogP contribution in [0.1, 0.15) is 44.1 Å². The van der Waals surface area contributed by atoms with Crippen molar-refractivity contribution in [3.8, 4) is 0 Å². The first-order chi connectivity index (χ1) is 9.74. The number of likely N-dealkylation sites (N-methyl/N-ethyl adjacent to an activating group) is 1. The maximum atomic E-state index is 2.28. The third-order valence-corrected chi connectivity index (χ3v) is 5.11. The lowest BCUT2D eigenvalue weighted by atomic mass is 10.2. The van der Waals surface area contributed by atoms with E-state index in [0.717, 1.165) is 11.8 Å². The summed E-state index contributed by atoms with van der Waals surface area (Å²) in [5.74, 6) is 0. The van der Waals surface area contributed by atoms with Gasteiger partial charge in [0.1, 0.15) is 0 Å². The van der Waals surface area contributed by atoms with Crippen molar-refractivity contribution in [3.05, 3.63) is 35.9 Å². The van der Waals surface area contributed by atoms with E-state index >= 15 is 0 Å². The summed E-state index contributed by atoms with van der Waals surface area (Å²) >= 11 is 2.08. The highest BCUT2D eigenvalue weighted by atomic mass is 32.2. The van der Waals surface area contributed by atoms with Crippen LogP contribution < -0.4 is 0 Å². The van der Waals surface area contributed by atoms with E-state index < -0.39 is 0 Å². The number of thioether (sulfide) groups is 1. The van der Waals surface area contributed by atoms with Gasteiger partial charge in [-0.15, -0.1) is 11.8 Å². The summed E-state index contributed by atoms with van der Waals surface area (Å²) in [5.41, 5.74) is 1.30. The Hall–Kier alpha value is -0.730. The van der Waals surface area contributed by atoms with Gasteiger partial charge in [-0.25, -0.2) is 0 Å². The molecule has 110 valence electrons. The molecule has 0 saturated heterocycles. The first-order valence-electron chi connectivity index (χ1n) is 7.82. The quantitative estimate of drug-likeness (QED) is 0.696. The number of rotatable bonds is 5. The van der Waals surface area contributed by atoms with E-state index in [4.69, 9.17) is 0 Å². The van der Waals surface area contributed by atoms with Gasteiger partial charge in [0.25, 0.3) is 0 Å². The summed E-state index contributed by atoms with van der Waals surface area (Å²) in [5, 5.41) is 0.840. The van der Waals surface area contributed by atoms with Crippen LogP contribution in [0.4, 0.5) is 0 Å². The van der Waals surface area contributed by atoms with Gasteiger partial charge < -0.3 is 4.90 Å². The molecular formula is C18H27NS. The van der Waals surface area contributed by atoms with E-state index in [0.29, 0.717) is 0 Å². The fraction of sp³-hybridized carbons (Fsp3) is 0.556. The highest BCUT2D eigenvalue weighted by Crippen LogP contribution is 2.32. The molecule has 2 rings (SSSR count).